The minimum absolute atomic E-state index is 0.0129. The van der Waals surface area contributed by atoms with Gasteiger partial charge in [-0.05, 0) is 37.8 Å². The third-order valence-corrected chi connectivity index (χ3v) is 4.08. The number of carboxylic acids is 1. The number of nitrogens with one attached hydrogen (secondary N) is 1. The van der Waals surface area contributed by atoms with Gasteiger partial charge in [-0.1, -0.05) is 25.7 Å². The van der Waals surface area contributed by atoms with E-state index in [4.69, 9.17) is 9.52 Å². The maximum absolute atomic E-state index is 10.7. The monoisotopic (exact) mass is 265 g/mol. The van der Waals surface area contributed by atoms with Crippen LogP contribution in [0.5, 0.6) is 0 Å². The van der Waals surface area contributed by atoms with Gasteiger partial charge in [0.25, 0.3) is 0 Å². The molecule has 2 N–H and O–H groups in total. The van der Waals surface area contributed by atoms with Crippen molar-refractivity contribution >= 4 is 5.97 Å². The molecular formula is C15H23NO3. The number of carboxylic acid groups (broad SMARTS) is 1. The van der Waals surface area contributed by atoms with Crippen LogP contribution in [-0.4, -0.2) is 17.1 Å². The quantitative estimate of drug-likeness (QED) is 0.801. The smallest absolute Gasteiger partial charge is 0.371 e. The fraction of sp³-hybridized carbons (Fsp3) is 0.667. The van der Waals surface area contributed by atoms with E-state index in [1.54, 1.807) is 6.07 Å². The van der Waals surface area contributed by atoms with Crippen LogP contribution in [-0.2, 0) is 6.54 Å². The highest BCUT2D eigenvalue weighted by molar-refractivity contribution is 5.84. The minimum Gasteiger partial charge on any atom is -0.475 e. The number of hydrogen-bond acceptors (Lipinski definition) is 3. The molecule has 0 aliphatic heterocycles. The van der Waals surface area contributed by atoms with E-state index in [0.29, 0.717) is 18.3 Å². The summed E-state index contributed by atoms with van der Waals surface area (Å²) in [6, 6.07) is 3.70. The van der Waals surface area contributed by atoms with Gasteiger partial charge in [-0.3, -0.25) is 0 Å². The first-order chi connectivity index (χ1) is 9.16. The maximum Gasteiger partial charge on any atom is 0.371 e. The molecule has 19 heavy (non-hydrogen) atoms. The van der Waals surface area contributed by atoms with Gasteiger partial charge >= 0.3 is 5.97 Å². The van der Waals surface area contributed by atoms with Crippen LogP contribution in [0.3, 0.4) is 0 Å². The molecule has 0 spiro atoms. The third-order valence-electron chi connectivity index (χ3n) is 4.08. The Balaban J connectivity index is 1.81. The molecule has 0 bridgehead atoms. The number of carbonyl (C=O) groups is 1. The van der Waals surface area contributed by atoms with Crippen molar-refractivity contribution in [2.45, 2.75) is 58.0 Å². The average Bonchev–Trinajstić information content (AvgIpc) is 2.70. The lowest BCUT2D eigenvalue weighted by Crippen LogP contribution is -2.32. The van der Waals surface area contributed by atoms with Crippen molar-refractivity contribution in [2.24, 2.45) is 5.92 Å². The van der Waals surface area contributed by atoms with Crippen molar-refractivity contribution < 1.29 is 14.3 Å². The highest BCUT2D eigenvalue weighted by Gasteiger charge is 2.19. The van der Waals surface area contributed by atoms with Crippen LogP contribution in [0.1, 0.15) is 61.8 Å². The van der Waals surface area contributed by atoms with Gasteiger partial charge in [0.2, 0.25) is 5.76 Å². The van der Waals surface area contributed by atoms with Gasteiger partial charge in [0.05, 0.1) is 6.54 Å². The first kappa shape index (κ1) is 14.1. The second-order valence-corrected chi connectivity index (χ2v) is 5.49. The van der Waals surface area contributed by atoms with Gasteiger partial charge in [-0.15, -0.1) is 0 Å². The summed E-state index contributed by atoms with van der Waals surface area (Å²) in [5.41, 5.74) is 0. The topological polar surface area (TPSA) is 62.5 Å². The molecule has 4 heteroatoms. The minimum atomic E-state index is -1.01. The van der Waals surface area contributed by atoms with E-state index in [-0.39, 0.29) is 5.76 Å². The Kier molecular flexibility index (Phi) is 5.02. The van der Waals surface area contributed by atoms with E-state index < -0.39 is 5.97 Å². The highest BCUT2D eigenvalue weighted by Crippen LogP contribution is 2.25. The van der Waals surface area contributed by atoms with Crippen LogP contribution in [0.25, 0.3) is 0 Å². The molecule has 1 saturated carbocycles. The van der Waals surface area contributed by atoms with Crippen LogP contribution in [0, 0.1) is 5.92 Å². The van der Waals surface area contributed by atoms with Gasteiger partial charge in [-0.2, -0.15) is 0 Å². The summed E-state index contributed by atoms with van der Waals surface area (Å²) in [5.74, 6) is 0.427. The molecule has 2 rings (SSSR count). The fourth-order valence-electron chi connectivity index (χ4n) is 2.83. The predicted octanol–water partition coefficient (Wildman–Crippen LogP) is 3.43. The van der Waals surface area contributed by atoms with Crippen molar-refractivity contribution in [3.8, 4) is 0 Å². The molecular weight excluding hydrogens is 242 g/mol. The summed E-state index contributed by atoms with van der Waals surface area (Å²) in [4.78, 5) is 10.7. The summed E-state index contributed by atoms with van der Waals surface area (Å²) in [6.07, 6.45) is 7.99. The molecule has 0 radical (unpaired) electrons. The predicted molar refractivity (Wildman–Crippen MR) is 73.2 cm³/mol. The first-order valence-corrected chi connectivity index (χ1v) is 7.22. The lowest BCUT2D eigenvalue weighted by atomic mass is 9.93. The van der Waals surface area contributed by atoms with E-state index >= 15 is 0 Å². The zero-order valence-electron chi connectivity index (χ0n) is 11.5. The molecule has 1 heterocycles. The van der Waals surface area contributed by atoms with Crippen molar-refractivity contribution in [3.63, 3.8) is 0 Å². The number of aromatic carboxylic acids is 1. The van der Waals surface area contributed by atoms with Gasteiger partial charge in [-0.25, -0.2) is 4.79 Å². The largest absolute Gasteiger partial charge is 0.475 e. The zero-order chi connectivity index (χ0) is 13.7. The highest BCUT2D eigenvalue weighted by atomic mass is 16.4. The Bertz CT molecular complexity index is 405. The van der Waals surface area contributed by atoms with E-state index in [1.807, 2.05) is 0 Å². The van der Waals surface area contributed by atoms with E-state index in [0.717, 1.165) is 5.92 Å². The van der Waals surface area contributed by atoms with Crippen LogP contribution in [0.2, 0.25) is 0 Å². The van der Waals surface area contributed by atoms with Gasteiger partial charge < -0.3 is 14.8 Å². The second-order valence-electron chi connectivity index (χ2n) is 5.49. The molecule has 1 aliphatic rings. The van der Waals surface area contributed by atoms with Gasteiger partial charge in [0.1, 0.15) is 5.76 Å². The molecule has 1 aliphatic carbocycles. The van der Waals surface area contributed by atoms with E-state index in [2.05, 4.69) is 12.2 Å². The Morgan fingerprint density at radius 2 is 2.05 bits per heavy atom. The van der Waals surface area contributed by atoms with E-state index in [1.165, 1.54) is 44.6 Å². The number of furan rings is 1. The van der Waals surface area contributed by atoms with E-state index in [9.17, 15) is 4.79 Å². The summed E-state index contributed by atoms with van der Waals surface area (Å²) < 4.78 is 5.25. The van der Waals surface area contributed by atoms with Gasteiger partial charge in [0.15, 0.2) is 0 Å². The van der Waals surface area contributed by atoms with Crippen molar-refractivity contribution in [1.29, 1.82) is 0 Å². The normalized spacial score (nSPS) is 19.0. The van der Waals surface area contributed by atoms with Crippen LogP contribution in [0.15, 0.2) is 16.5 Å². The lowest BCUT2D eigenvalue weighted by Gasteiger charge is -2.23. The molecule has 106 valence electrons. The second kappa shape index (κ2) is 6.75. The number of rotatable bonds is 5. The summed E-state index contributed by atoms with van der Waals surface area (Å²) in [7, 11) is 0. The Labute approximate surface area is 114 Å². The number of hydrogen-bond donors (Lipinski definition) is 2. The first-order valence-electron chi connectivity index (χ1n) is 7.22. The molecule has 0 amide bonds. The van der Waals surface area contributed by atoms with Gasteiger partial charge in [0, 0.05) is 6.04 Å². The van der Waals surface area contributed by atoms with Crippen molar-refractivity contribution in [2.75, 3.05) is 0 Å². The molecule has 0 aromatic carbocycles. The summed E-state index contributed by atoms with van der Waals surface area (Å²) in [6.45, 7) is 2.82. The molecule has 1 aromatic heterocycles. The van der Waals surface area contributed by atoms with Crippen LogP contribution >= 0.6 is 0 Å². The summed E-state index contributed by atoms with van der Waals surface area (Å²) >= 11 is 0. The zero-order valence-corrected chi connectivity index (χ0v) is 11.5. The van der Waals surface area contributed by atoms with Crippen molar-refractivity contribution in [1.82, 2.24) is 5.32 Å². The molecule has 4 nitrogen and oxygen atoms in total. The molecule has 0 saturated heterocycles. The fourth-order valence-corrected chi connectivity index (χ4v) is 2.83. The van der Waals surface area contributed by atoms with Crippen LogP contribution in [0.4, 0.5) is 0 Å². The molecule has 0 unspecified atom stereocenters. The van der Waals surface area contributed by atoms with Crippen molar-refractivity contribution in [3.05, 3.63) is 23.7 Å². The maximum atomic E-state index is 10.7. The lowest BCUT2D eigenvalue weighted by molar-refractivity contribution is 0.0660. The summed E-state index contributed by atoms with van der Waals surface area (Å²) in [5, 5.41) is 12.3. The standard InChI is InChI=1S/C15H23NO3/c1-11(12-6-4-2-3-5-7-12)16-10-13-8-9-14(19-13)15(17)18/h8-9,11-12,16H,2-7,10H2,1H3,(H,17,18)/t11-/m0/s1. The molecule has 1 aromatic rings. The van der Waals surface area contributed by atoms with Crippen LogP contribution < -0.4 is 5.32 Å². The Morgan fingerprint density at radius 3 is 2.63 bits per heavy atom. The third kappa shape index (κ3) is 4.10. The molecule has 1 fully saturated rings. The Hall–Kier alpha value is -1.29. The molecule has 1 atom stereocenters. The SMILES string of the molecule is C[C@H](NCc1ccc(C(=O)O)o1)C1CCCCCC1. The Morgan fingerprint density at radius 1 is 1.37 bits per heavy atom. The average molecular weight is 265 g/mol.